The first-order valence-electron chi connectivity index (χ1n) is 6.91. The highest BCUT2D eigenvalue weighted by Gasteiger charge is 2.39. The Labute approximate surface area is 138 Å². The van der Waals surface area contributed by atoms with Gasteiger partial charge in [0.2, 0.25) is 0 Å². The molecule has 2 aliphatic heterocycles. The molecule has 1 atom stereocenters. The van der Waals surface area contributed by atoms with E-state index in [-0.39, 0.29) is 11.1 Å². The molecule has 0 aromatic heterocycles. The molecule has 1 saturated heterocycles. The first-order chi connectivity index (χ1) is 9.40. The molecule has 0 bridgehead atoms. The second kappa shape index (κ2) is 5.34. The van der Waals surface area contributed by atoms with Gasteiger partial charge in [0.25, 0.3) is 0 Å². The monoisotopic (exact) mass is 405 g/mol. The van der Waals surface area contributed by atoms with Gasteiger partial charge >= 0.3 is 0 Å². The van der Waals surface area contributed by atoms with Crippen LogP contribution in [0.3, 0.4) is 0 Å². The summed E-state index contributed by atoms with van der Waals surface area (Å²) >= 11 is 3.90. The number of fused-ring (bicyclic) bond motifs is 1. The van der Waals surface area contributed by atoms with Gasteiger partial charge < -0.3 is 8.92 Å². The smallest absolute Gasteiger partial charge is 0.174 e. The molecule has 0 aliphatic carbocycles. The third-order valence-electron chi connectivity index (χ3n) is 3.85. The number of hydrogen-bond acceptors (Lipinski definition) is 4. The summed E-state index contributed by atoms with van der Waals surface area (Å²) in [5.41, 5.74) is 2.55. The van der Waals surface area contributed by atoms with Gasteiger partial charge in [-0.05, 0) is 51.7 Å². The molecule has 3 rings (SSSR count). The van der Waals surface area contributed by atoms with Crippen LogP contribution in [0, 0.1) is 3.57 Å². The van der Waals surface area contributed by atoms with E-state index < -0.39 is 0 Å². The lowest BCUT2D eigenvalue weighted by Crippen LogP contribution is -2.56. The van der Waals surface area contributed by atoms with E-state index in [2.05, 4.69) is 60.8 Å². The normalized spacial score (nSPS) is 26.2. The summed E-state index contributed by atoms with van der Waals surface area (Å²) in [6.45, 7) is 8.36. The molecule has 0 radical (unpaired) electrons. The highest BCUT2D eigenvalue weighted by atomic mass is 127. The Bertz CT molecular complexity index is 521. The molecule has 0 amide bonds. The van der Waals surface area contributed by atoms with Crippen molar-refractivity contribution in [3.63, 3.8) is 0 Å². The molecule has 1 aromatic rings. The molecule has 2 heterocycles. The van der Waals surface area contributed by atoms with Crippen molar-refractivity contribution in [2.24, 2.45) is 0 Å². The van der Waals surface area contributed by atoms with Gasteiger partial charge in [-0.2, -0.15) is 0 Å². The molecule has 2 aliphatic rings. The quantitative estimate of drug-likeness (QED) is 0.525. The maximum atomic E-state index is 6.34. The van der Waals surface area contributed by atoms with E-state index in [1.54, 1.807) is 0 Å². The fourth-order valence-electron chi connectivity index (χ4n) is 2.51. The van der Waals surface area contributed by atoms with Crippen molar-refractivity contribution in [2.45, 2.75) is 44.9 Å². The van der Waals surface area contributed by atoms with E-state index in [0.29, 0.717) is 0 Å². The van der Waals surface area contributed by atoms with Crippen LogP contribution in [0.2, 0.25) is 0 Å². The predicted molar refractivity (Wildman–Crippen MR) is 91.1 cm³/mol. The van der Waals surface area contributed by atoms with Crippen LogP contribution in [0.5, 0.6) is 5.75 Å². The molecular weight excluding hydrogens is 385 g/mol. The van der Waals surface area contributed by atoms with Gasteiger partial charge in [0.05, 0.1) is 15.9 Å². The lowest BCUT2D eigenvalue weighted by Gasteiger charge is -2.42. The number of halogens is 1. The second-order valence-electron chi connectivity index (χ2n) is 6.48. The summed E-state index contributed by atoms with van der Waals surface area (Å²) in [5, 5.41) is 3.57. The highest BCUT2D eigenvalue weighted by molar-refractivity contribution is 14.1. The van der Waals surface area contributed by atoms with Crippen LogP contribution in [0.15, 0.2) is 12.1 Å². The Morgan fingerprint density at radius 2 is 2.15 bits per heavy atom. The fourth-order valence-corrected chi connectivity index (χ4v) is 4.08. The minimum atomic E-state index is -0.251. The van der Waals surface area contributed by atoms with Crippen molar-refractivity contribution in [3.05, 3.63) is 26.8 Å². The van der Waals surface area contributed by atoms with Crippen molar-refractivity contribution >= 4 is 34.6 Å². The van der Waals surface area contributed by atoms with Crippen LogP contribution in [0.25, 0.3) is 0 Å². The SMILES string of the molecule is CC(C)(C)c1cc(I)c2c(c1)CNC1(CCOSC1)O2. The van der Waals surface area contributed by atoms with E-state index in [1.807, 2.05) is 0 Å². The van der Waals surface area contributed by atoms with E-state index in [0.717, 1.165) is 31.1 Å². The Kier molecular flexibility index (Phi) is 3.99. The zero-order valence-electron chi connectivity index (χ0n) is 12.1. The van der Waals surface area contributed by atoms with Crippen molar-refractivity contribution in [2.75, 3.05) is 12.4 Å². The topological polar surface area (TPSA) is 30.5 Å². The van der Waals surface area contributed by atoms with Crippen LogP contribution in [0.4, 0.5) is 0 Å². The highest BCUT2D eigenvalue weighted by Crippen LogP contribution is 2.39. The molecular formula is C15H20INO2S. The third-order valence-corrected chi connectivity index (χ3v) is 5.57. The average Bonchev–Trinajstić information content (AvgIpc) is 2.39. The van der Waals surface area contributed by atoms with Crippen LogP contribution in [-0.4, -0.2) is 18.1 Å². The predicted octanol–water partition coefficient (Wildman–Crippen LogP) is 3.84. The van der Waals surface area contributed by atoms with Gasteiger partial charge in [-0.1, -0.05) is 26.8 Å². The van der Waals surface area contributed by atoms with E-state index in [4.69, 9.17) is 8.92 Å². The summed E-state index contributed by atoms with van der Waals surface area (Å²) in [7, 11) is 0. The van der Waals surface area contributed by atoms with Gasteiger partial charge in [-0.15, -0.1) is 0 Å². The molecule has 5 heteroatoms. The molecule has 3 nitrogen and oxygen atoms in total. The van der Waals surface area contributed by atoms with Crippen LogP contribution >= 0.6 is 34.6 Å². The molecule has 1 unspecified atom stereocenters. The zero-order chi connectivity index (χ0) is 14.4. The van der Waals surface area contributed by atoms with E-state index in [9.17, 15) is 0 Å². The van der Waals surface area contributed by atoms with E-state index >= 15 is 0 Å². The third kappa shape index (κ3) is 2.82. The largest absolute Gasteiger partial charge is 0.470 e. The molecule has 20 heavy (non-hydrogen) atoms. The lowest BCUT2D eigenvalue weighted by atomic mass is 9.85. The Morgan fingerprint density at radius 1 is 1.35 bits per heavy atom. The number of nitrogens with one attached hydrogen (secondary N) is 1. The Balaban J connectivity index is 1.94. The molecule has 1 N–H and O–H groups in total. The minimum absolute atomic E-state index is 0.165. The summed E-state index contributed by atoms with van der Waals surface area (Å²) in [6, 6.07) is 4.54. The van der Waals surface area contributed by atoms with Crippen molar-refractivity contribution in [1.29, 1.82) is 0 Å². The molecule has 1 aromatic carbocycles. The van der Waals surface area contributed by atoms with Crippen molar-refractivity contribution in [3.8, 4) is 5.75 Å². The first-order valence-corrected chi connectivity index (χ1v) is 8.90. The fraction of sp³-hybridized carbons (Fsp3) is 0.600. The molecule has 1 fully saturated rings. The Morgan fingerprint density at radius 3 is 2.80 bits per heavy atom. The average molecular weight is 405 g/mol. The number of benzene rings is 1. The minimum Gasteiger partial charge on any atom is -0.470 e. The molecule has 110 valence electrons. The molecule has 0 saturated carbocycles. The van der Waals surface area contributed by atoms with Crippen molar-refractivity contribution < 1.29 is 8.92 Å². The first kappa shape index (κ1) is 14.9. The van der Waals surface area contributed by atoms with Gasteiger partial charge in [0.1, 0.15) is 5.75 Å². The van der Waals surface area contributed by atoms with Gasteiger partial charge in [-0.25, -0.2) is 0 Å². The second-order valence-corrected chi connectivity index (χ2v) is 8.40. The van der Waals surface area contributed by atoms with Crippen LogP contribution in [-0.2, 0) is 16.1 Å². The van der Waals surface area contributed by atoms with Crippen LogP contribution < -0.4 is 10.1 Å². The lowest BCUT2D eigenvalue weighted by molar-refractivity contribution is 0.00973. The van der Waals surface area contributed by atoms with Gasteiger partial charge in [0.15, 0.2) is 5.72 Å². The number of hydrogen-bond donors (Lipinski definition) is 1. The summed E-state index contributed by atoms with van der Waals surface area (Å²) in [5.74, 6) is 1.89. The van der Waals surface area contributed by atoms with Gasteiger partial charge in [-0.3, -0.25) is 5.32 Å². The standard InChI is InChI=1S/C15H20INO2S/c1-14(2,3)11-6-10-8-17-15(4-5-18-20-9-15)19-13(10)12(16)7-11/h6-7,17H,4-5,8-9H2,1-3H3. The van der Waals surface area contributed by atoms with Crippen molar-refractivity contribution in [1.82, 2.24) is 5.32 Å². The zero-order valence-corrected chi connectivity index (χ0v) is 15.1. The maximum Gasteiger partial charge on any atom is 0.174 e. The van der Waals surface area contributed by atoms with Gasteiger partial charge in [0, 0.05) is 18.5 Å². The summed E-state index contributed by atoms with van der Waals surface area (Å²) in [4.78, 5) is 0. The maximum absolute atomic E-state index is 6.34. The van der Waals surface area contributed by atoms with E-state index in [1.165, 1.54) is 26.7 Å². The number of rotatable bonds is 0. The summed E-state index contributed by atoms with van der Waals surface area (Å²) in [6.07, 6.45) is 0.899. The van der Waals surface area contributed by atoms with Crippen LogP contribution in [0.1, 0.15) is 38.3 Å². The summed E-state index contributed by atoms with van der Waals surface area (Å²) < 4.78 is 12.9. The number of ether oxygens (including phenoxy) is 1. The molecule has 1 spiro atoms. The Hall–Kier alpha value is 0.0200.